The molecule has 5 nitrogen and oxygen atoms in total. The van der Waals surface area contributed by atoms with E-state index in [4.69, 9.17) is 4.74 Å². The fourth-order valence-corrected chi connectivity index (χ4v) is 1.63. The molecule has 0 aromatic carbocycles. The smallest absolute Gasteiger partial charge is 0.328 e. The minimum atomic E-state index is -0.474. The first-order valence-electron chi connectivity index (χ1n) is 5.94. The first-order chi connectivity index (χ1) is 8.15. The van der Waals surface area contributed by atoms with Crippen LogP contribution in [0.25, 0.3) is 0 Å². The number of ether oxygens (including phenoxy) is 1. The van der Waals surface area contributed by atoms with Crippen LogP contribution in [0.3, 0.4) is 0 Å². The van der Waals surface area contributed by atoms with Crippen molar-refractivity contribution in [2.45, 2.75) is 31.7 Å². The summed E-state index contributed by atoms with van der Waals surface area (Å²) in [5, 5.41) is 2.66. The third kappa shape index (κ3) is 4.46. The fraction of sp³-hybridized carbons (Fsp3) is 0.667. The number of nitrogens with zero attached hydrogens (tertiary/aromatic N) is 1. The summed E-state index contributed by atoms with van der Waals surface area (Å²) in [7, 11) is 1.73. The van der Waals surface area contributed by atoms with Crippen LogP contribution in [0.1, 0.15) is 25.7 Å². The number of carbonyl (C=O) groups excluding carboxylic acids is 2. The van der Waals surface area contributed by atoms with Gasteiger partial charge in [0.05, 0.1) is 6.61 Å². The molecular weight excluding hydrogens is 220 g/mol. The molecule has 0 radical (unpaired) electrons. The molecule has 1 aliphatic heterocycles. The number of nitrogens with one attached hydrogen (secondary N) is 1. The molecule has 0 saturated carbocycles. The number of carbonyl (C=O) groups is 2. The highest BCUT2D eigenvalue weighted by Crippen LogP contribution is 2.06. The second-order valence-corrected chi connectivity index (χ2v) is 4.16. The van der Waals surface area contributed by atoms with Gasteiger partial charge in [-0.05, 0) is 19.3 Å². The molecule has 0 bridgehead atoms. The summed E-state index contributed by atoms with van der Waals surface area (Å²) >= 11 is 0. The van der Waals surface area contributed by atoms with E-state index in [1.165, 1.54) is 0 Å². The van der Waals surface area contributed by atoms with Crippen molar-refractivity contribution < 1.29 is 14.3 Å². The van der Waals surface area contributed by atoms with Gasteiger partial charge in [0, 0.05) is 20.0 Å². The number of cyclic esters (lactones) is 1. The molecule has 1 heterocycles. The SMILES string of the molecule is C=CCCCCN(C)C(=O)NC1CCOC1=O. The quantitative estimate of drug-likeness (QED) is 0.432. The van der Waals surface area contributed by atoms with Crippen LogP contribution in [-0.2, 0) is 9.53 Å². The van der Waals surface area contributed by atoms with Crippen LogP contribution in [0, 0.1) is 0 Å². The molecule has 1 atom stereocenters. The third-order valence-electron chi connectivity index (χ3n) is 2.73. The Labute approximate surface area is 102 Å². The second-order valence-electron chi connectivity index (χ2n) is 4.16. The maximum absolute atomic E-state index is 11.7. The third-order valence-corrected chi connectivity index (χ3v) is 2.73. The van der Waals surface area contributed by atoms with E-state index in [0.717, 1.165) is 19.3 Å². The normalized spacial score (nSPS) is 18.6. The minimum absolute atomic E-state index is 0.215. The first-order valence-corrected chi connectivity index (χ1v) is 5.94. The molecule has 96 valence electrons. The van der Waals surface area contributed by atoms with E-state index in [1.807, 2.05) is 6.08 Å². The van der Waals surface area contributed by atoms with Gasteiger partial charge in [0.25, 0.3) is 0 Å². The molecule has 1 rings (SSSR count). The first kappa shape index (κ1) is 13.5. The van der Waals surface area contributed by atoms with Crippen LogP contribution in [0.5, 0.6) is 0 Å². The molecule has 1 N–H and O–H groups in total. The molecule has 1 fully saturated rings. The van der Waals surface area contributed by atoms with Crippen molar-refractivity contribution in [1.82, 2.24) is 10.2 Å². The molecule has 5 heteroatoms. The Morgan fingerprint density at radius 2 is 2.41 bits per heavy atom. The van der Waals surface area contributed by atoms with E-state index in [0.29, 0.717) is 19.6 Å². The van der Waals surface area contributed by atoms with Gasteiger partial charge < -0.3 is 15.0 Å². The summed E-state index contributed by atoms with van der Waals surface area (Å²) < 4.78 is 4.78. The van der Waals surface area contributed by atoms with E-state index in [1.54, 1.807) is 11.9 Å². The highest BCUT2D eigenvalue weighted by atomic mass is 16.5. The van der Waals surface area contributed by atoms with Crippen LogP contribution in [0.4, 0.5) is 4.79 Å². The summed E-state index contributed by atoms with van der Waals surface area (Å²) in [5.41, 5.74) is 0. The predicted molar refractivity (Wildman–Crippen MR) is 64.6 cm³/mol. The molecule has 1 unspecified atom stereocenters. The van der Waals surface area contributed by atoms with Gasteiger partial charge in [-0.3, -0.25) is 0 Å². The maximum Gasteiger partial charge on any atom is 0.328 e. The zero-order chi connectivity index (χ0) is 12.7. The van der Waals surface area contributed by atoms with Crippen molar-refractivity contribution in [3.8, 4) is 0 Å². The summed E-state index contributed by atoms with van der Waals surface area (Å²) in [6.07, 6.45) is 5.35. The van der Waals surface area contributed by atoms with Gasteiger partial charge in [-0.25, -0.2) is 9.59 Å². The standard InChI is InChI=1S/C12H20N2O3/c1-3-4-5-6-8-14(2)12(16)13-10-7-9-17-11(10)15/h3,10H,1,4-9H2,2H3,(H,13,16). The fourth-order valence-electron chi connectivity index (χ4n) is 1.63. The van der Waals surface area contributed by atoms with Crippen molar-refractivity contribution in [2.24, 2.45) is 0 Å². The van der Waals surface area contributed by atoms with Crippen LogP contribution in [-0.4, -0.2) is 43.1 Å². The molecule has 1 saturated heterocycles. The van der Waals surface area contributed by atoms with Crippen LogP contribution >= 0.6 is 0 Å². The number of esters is 1. The van der Waals surface area contributed by atoms with Gasteiger partial charge in [0.2, 0.25) is 0 Å². The maximum atomic E-state index is 11.7. The number of rotatable bonds is 6. The minimum Gasteiger partial charge on any atom is -0.464 e. The van der Waals surface area contributed by atoms with Gasteiger partial charge in [0.15, 0.2) is 0 Å². The lowest BCUT2D eigenvalue weighted by Gasteiger charge is -2.19. The summed E-state index contributed by atoms with van der Waals surface area (Å²) in [5.74, 6) is -0.335. The average molecular weight is 240 g/mol. The lowest BCUT2D eigenvalue weighted by atomic mass is 10.2. The number of hydrogen-bond donors (Lipinski definition) is 1. The largest absolute Gasteiger partial charge is 0.464 e. The lowest BCUT2D eigenvalue weighted by molar-refractivity contribution is -0.139. The Bertz CT molecular complexity index is 291. The molecule has 1 aliphatic rings. The predicted octanol–water partition coefficient (Wildman–Crippen LogP) is 1.30. The molecular formula is C12H20N2O3. The summed E-state index contributed by atoms with van der Waals surface area (Å²) in [6.45, 7) is 4.72. The van der Waals surface area contributed by atoms with Crippen molar-refractivity contribution in [3.05, 3.63) is 12.7 Å². The number of amides is 2. The van der Waals surface area contributed by atoms with Gasteiger partial charge in [-0.1, -0.05) is 6.08 Å². The van der Waals surface area contributed by atoms with E-state index in [-0.39, 0.29) is 12.0 Å². The van der Waals surface area contributed by atoms with Crippen molar-refractivity contribution in [3.63, 3.8) is 0 Å². The Morgan fingerprint density at radius 3 is 3.00 bits per heavy atom. The van der Waals surface area contributed by atoms with Gasteiger partial charge in [-0.15, -0.1) is 6.58 Å². The number of allylic oxidation sites excluding steroid dienone is 1. The Hall–Kier alpha value is -1.52. The number of unbranched alkanes of at least 4 members (excludes halogenated alkanes) is 2. The monoisotopic (exact) mass is 240 g/mol. The molecule has 17 heavy (non-hydrogen) atoms. The van der Waals surface area contributed by atoms with E-state index >= 15 is 0 Å². The topological polar surface area (TPSA) is 58.6 Å². The highest BCUT2D eigenvalue weighted by Gasteiger charge is 2.28. The van der Waals surface area contributed by atoms with Crippen molar-refractivity contribution in [1.29, 1.82) is 0 Å². The highest BCUT2D eigenvalue weighted by molar-refractivity contribution is 5.84. The van der Waals surface area contributed by atoms with Crippen molar-refractivity contribution >= 4 is 12.0 Å². The Kier molecular flexibility index (Phi) is 5.52. The van der Waals surface area contributed by atoms with Gasteiger partial charge >= 0.3 is 12.0 Å². The molecule has 0 aromatic rings. The number of hydrogen-bond acceptors (Lipinski definition) is 3. The molecule has 0 aromatic heterocycles. The molecule has 0 aliphatic carbocycles. The van der Waals surface area contributed by atoms with Crippen LogP contribution in [0.15, 0.2) is 12.7 Å². The molecule has 2 amide bonds. The van der Waals surface area contributed by atoms with E-state index < -0.39 is 6.04 Å². The lowest BCUT2D eigenvalue weighted by Crippen LogP contribution is -2.45. The second kappa shape index (κ2) is 6.93. The number of urea groups is 1. The molecule has 0 spiro atoms. The van der Waals surface area contributed by atoms with Crippen molar-refractivity contribution in [2.75, 3.05) is 20.2 Å². The Morgan fingerprint density at radius 1 is 1.65 bits per heavy atom. The van der Waals surface area contributed by atoms with Crippen LogP contribution < -0.4 is 5.32 Å². The van der Waals surface area contributed by atoms with Crippen LogP contribution in [0.2, 0.25) is 0 Å². The van der Waals surface area contributed by atoms with Gasteiger partial charge in [0.1, 0.15) is 6.04 Å². The summed E-state index contributed by atoms with van der Waals surface area (Å²) in [6, 6.07) is -0.689. The zero-order valence-electron chi connectivity index (χ0n) is 10.3. The Balaban J connectivity index is 2.21. The van der Waals surface area contributed by atoms with E-state index in [2.05, 4.69) is 11.9 Å². The average Bonchev–Trinajstić information content (AvgIpc) is 2.70. The zero-order valence-corrected chi connectivity index (χ0v) is 10.3. The summed E-state index contributed by atoms with van der Waals surface area (Å²) in [4.78, 5) is 24.5. The van der Waals surface area contributed by atoms with E-state index in [9.17, 15) is 9.59 Å². The van der Waals surface area contributed by atoms with Gasteiger partial charge in [-0.2, -0.15) is 0 Å².